The SMILES string of the molecule is CCOC(=O)C1=C(C)O[C@@H](C(=O)c2ccc(Cl)cc2)[C@@H]1c1ccc(C)cc1. The Balaban J connectivity index is 2.02. The standard InChI is InChI=1S/C22H21ClO4/c1-4-26-22(25)18-14(3)27-21(19(18)15-7-5-13(2)6-8-15)20(24)16-9-11-17(23)12-10-16/h5-12,19,21H,4H2,1-3H3/t19-,21-/m1/s1. The summed E-state index contributed by atoms with van der Waals surface area (Å²) in [7, 11) is 0. The number of aryl methyl sites for hydroxylation is 1. The number of rotatable bonds is 5. The first-order valence-corrected chi connectivity index (χ1v) is 9.21. The number of hydrogen-bond acceptors (Lipinski definition) is 4. The van der Waals surface area contributed by atoms with Gasteiger partial charge in [-0.1, -0.05) is 41.4 Å². The first kappa shape index (κ1) is 19.2. The minimum absolute atomic E-state index is 0.198. The van der Waals surface area contributed by atoms with Gasteiger partial charge >= 0.3 is 5.97 Å². The van der Waals surface area contributed by atoms with Gasteiger partial charge in [0.25, 0.3) is 0 Å². The van der Waals surface area contributed by atoms with E-state index in [9.17, 15) is 9.59 Å². The van der Waals surface area contributed by atoms with Crippen LogP contribution in [0, 0.1) is 6.92 Å². The molecule has 0 spiro atoms. The number of Topliss-reactive ketones (excluding diaryl/α,β-unsaturated/α-hetero) is 1. The average molecular weight is 385 g/mol. The largest absolute Gasteiger partial charge is 0.485 e. The lowest BCUT2D eigenvalue weighted by Crippen LogP contribution is -2.29. The first-order valence-electron chi connectivity index (χ1n) is 8.83. The molecule has 0 fully saturated rings. The summed E-state index contributed by atoms with van der Waals surface area (Å²) in [6, 6.07) is 14.4. The summed E-state index contributed by atoms with van der Waals surface area (Å²) >= 11 is 5.93. The maximum absolute atomic E-state index is 13.1. The molecule has 1 heterocycles. The van der Waals surface area contributed by atoms with Gasteiger partial charge in [0.05, 0.1) is 18.1 Å². The molecule has 2 aromatic carbocycles. The van der Waals surface area contributed by atoms with Crippen molar-refractivity contribution in [2.24, 2.45) is 0 Å². The van der Waals surface area contributed by atoms with Crippen molar-refractivity contribution in [3.05, 3.63) is 81.6 Å². The minimum Gasteiger partial charge on any atom is -0.485 e. The lowest BCUT2D eigenvalue weighted by Gasteiger charge is -2.20. The van der Waals surface area contributed by atoms with Gasteiger partial charge in [0.15, 0.2) is 6.10 Å². The number of ketones is 1. The summed E-state index contributed by atoms with van der Waals surface area (Å²) in [4.78, 5) is 25.7. The first-order chi connectivity index (χ1) is 12.9. The molecule has 0 aromatic heterocycles. The fourth-order valence-electron chi connectivity index (χ4n) is 3.27. The van der Waals surface area contributed by atoms with Crippen LogP contribution in [0.4, 0.5) is 0 Å². The predicted molar refractivity (Wildman–Crippen MR) is 104 cm³/mol. The Morgan fingerprint density at radius 2 is 1.67 bits per heavy atom. The van der Waals surface area contributed by atoms with Crippen LogP contribution in [-0.4, -0.2) is 24.5 Å². The number of hydrogen-bond donors (Lipinski definition) is 0. The third kappa shape index (κ3) is 3.91. The lowest BCUT2D eigenvalue weighted by molar-refractivity contribution is -0.138. The summed E-state index contributed by atoms with van der Waals surface area (Å²) in [5, 5.41) is 0.551. The van der Waals surface area contributed by atoms with E-state index in [4.69, 9.17) is 21.1 Å². The molecule has 27 heavy (non-hydrogen) atoms. The van der Waals surface area contributed by atoms with Gasteiger partial charge in [0.1, 0.15) is 5.76 Å². The zero-order chi connectivity index (χ0) is 19.6. The third-order valence-corrected chi connectivity index (χ3v) is 4.87. The summed E-state index contributed by atoms with van der Waals surface area (Å²) in [5.41, 5.74) is 2.82. The van der Waals surface area contributed by atoms with E-state index in [2.05, 4.69) is 0 Å². The quantitative estimate of drug-likeness (QED) is 0.546. The molecule has 0 saturated carbocycles. The van der Waals surface area contributed by atoms with E-state index < -0.39 is 18.0 Å². The summed E-state index contributed by atoms with van der Waals surface area (Å²) in [6.45, 7) is 5.69. The van der Waals surface area contributed by atoms with E-state index in [0.29, 0.717) is 21.9 Å². The number of halogens is 1. The number of allylic oxidation sites excluding steroid dienone is 1. The van der Waals surface area contributed by atoms with Gasteiger partial charge < -0.3 is 9.47 Å². The molecule has 1 aliphatic heterocycles. The van der Waals surface area contributed by atoms with Gasteiger partial charge in [-0.2, -0.15) is 0 Å². The van der Waals surface area contributed by atoms with Crippen LogP contribution in [-0.2, 0) is 14.3 Å². The van der Waals surface area contributed by atoms with Crippen molar-refractivity contribution in [1.29, 1.82) is 0 Å². The Labute approximate surface area is 163 Å². The second kappa shape index (κ2) is 7.97. The third-order valence-electron chi connectivity index (χ3n) is 4.62. The highest BCUT2D eigenvalue weighted by molar-refractivity contribution is 6.30. The Kier molecular flexibility index (Phi) is 5.66. The van der Waals surface area contributed by atoms with Crippen LogP contribution < -0.4 is 0 Å². The highest BCUT2D eigenvalue weighted by atomic mass is 35.5. The second-order valence-corrected chi connectivity index (χ2v) is 6.92. The molecule has 0 aliphatic carbocycles. The van der Waals surface area contributed by atoms with Crippen LogP contribution >= 0.6 is 11.6 Å². The van der Waals surface area contributed by atoms with Crippen molar-refractivity contribution in [3.63, 3.8) is 0 Å². The van der Waals surface area contributed by atoms with E-state index in [1.165, 1.54) is 0 Å². The molecular formula is C22H21ClO4. The molecule has 2 aromatic rings. The molecule has 0 radical (unpaired) electrons. The van der Waals surface area contributed by atoms with Gasteiger partial charge in [-0.3, -0.25) is 4.79 Å². The van der Waals surface area contributed by atoms with Crippen LogP contribution in [0.2, 0.25) is 5.02 Å². The fraction of sp³-hybridized carbons (Fsp3) is 0.273. The Bertz CT molecular complexity index is 882. The summed E-state index contributed by atoms with van der Waals surface area (Å²) in [6.07, 6.45) is -0.826. The monoisotopic (exact) mass is 384 g/mol. The zero-order valence-electron chi connectivity index (χ0n) is 15.5. The number of esters is 1. The molecule has 0 amide bonds. The zero-order valence-corrected chi connectivity index (χ0v) is 16.2. The van der Waals surface area contributed by atoms with Crippen molar-refractivity contribution in [2.75, 3.05) is 6.61 Å². The number of ether oxygens (including phenoxy) is 2. The topological polar surface area (TPSA) is 52.6 Å². The Morgan fingerprint density at radius 1 is 1.04 bits per heavy atom. The van der Waals surface area contributed by atoms with Crippen LogP contribution in [0.3, 0.4) is 0 Å². The van der Waals surface area contributed by atoms with Crippen molar-refractivity contribution in [3.8, 4) is 0 Å². The van der Waals surface area contributed by atoms with Crippen LogP contribution in [0.25, 0.3) is 0 Å². The van der Waals surface area contributed by atoms with Crippen LogP contribution in [0.5, 0.6) is 0 Å². The van der Waals surface area contributed by atoms with E-state index in [1.54, 1.807) is 38.1 Å². The van der Waals surface area contributed by atoms with E-state index in [-0.39, 0.29) is 12.4 Å². The van der Waals surface area contributed by atoms with Crippen molar-refractivity contribution >= 4 is 23.4 Å². The van der Waals surface area contributed by atoms with E-state index in [1.807, 2.05) is 31.2 Å². The second-order valence-electron chi connectivity index (χ2n) is 6.49. The van der Waals surface area contributed by atoms with E-state index in [0.717, 1.165) is 11.1 Å². The van der Waals surface area contributed by atoms with Gasteiger partial charge in [0, 0.05) is 10.6 Å². The molecule has 0 saturated heterocycles. The van der Waals surface area contributed by atoms with Crippen molar-refractivity contribution in [2.45, 2.75) is 32.8 Å². The smallest absolute Gasteiger partial charge is 0.338 e. The normalized spacial score (nSPS) is 19.0. The molecule has 1 aliphatic rings. The van der Waals surface area contributed by atoms with Gasteiger partial charge in [0.2, 0.25) is 5.78 Å². The van der Waals surface area contributed by atoms with Crippen LogP contribution in [0.1, 0.15) is 41.3 Å². The molecule has 5 heteroatoms. The minimum atomic E-state index is -0.826. The predicted octanol–water partition coefficient (Wildman–Crippen LogP) is 4.85. The van der Waals surface area contributed by atoms with Crippen molar-refractivity contribution in [1.82, 2.24) is 0 Å². The highest BCUT2D eigenvalue weighted by Crippen LogP contribution is 2.41. The van der Waals surface area contributed by atoms with Gasteiger partial charge in [-0.15, -0.1) is 0 Å². The molecule has 4 nitrogen and oxygen atoms in total. The molecule has 140 valence electrons. The average Bonchev–Trinajstić information content (AvgIpc) is 3.00. The molecule has 3 rings (SSSR count). The molecule has 0 unspecified atom stereocenters. The molecule has 0 bridgehead atoms. The molecule has 2 atom stereocenters. The highest BCUT2D eigenvalue weighted by Gasteiger charge is 2.44. The van der Waals surface area contributed by atoms with Crippen molar-refractivity contribution < 1.29 is 19.1 Å². The number of carbonyl (C=O) groups is 2. The maximum Gasteiger partial charge on any atom is 0.338 e. The van der Waals surface area contributed by atoms with E-state index >= 15 is 0 Å². The number of carbonyl (C=O) groups excluding carboxylic acids is 2. The maximum atomic E-state index is 13.1. The van der Waals surface area contributed by atoms with Gasteiger partial charge in [-0.25, -0.2) is 4.79 Å². The summed E-state index contributed by atoms with van der Waals surface area (Å²) < 4.78 is 11.1. The van der Waals surface area contributed by atoms with Crippen LogP contribution in [0.15, 0.2) is 59.9 Å². The molecular weight excluding hydrogens is 364 g/mol. The lowest BCUT2D eigenvalue weighted by atomic mass is 9.84. The Morgan fingerprint density at radius 3 is 2.26 bits per heavy atom. The fourth-order valence-corrected chi connectivity index (χ4v) is 3.40. The molecule has 0 N–H and O–H groups in total. The number of benzene rings is 2. The van der Waals surface area contributed by atoms with Gasteiger partial charge in [-0.05, 0) is 50.6 Å². The Hall–Kier alpha value is -2.59. The summed E-state index contributed by atoms with van der Waals surface area (Å²) in [5.74, 6) is -0.748.